The molecule has 32 heavy (non-hydrogen) atoms. The summed E-state index contributed by atoms with van der Waals surface area (Å²) in [4.78, 5) is 39.8. The van der Waals surface area contributed by atoms with Crippen LogP contribution in [0.1, 0.15) is 47.3 Å². The zero-order chi connectivity index (χ0) is 23.3. The zero-order valence-electron chi connectivity index (χ0n) is 18.8. The van der Waals surface area contributed by atoms with E-state index in [2.05, 4.69) is 10.6 Å². The van der Waals surface area contributed by atoms with Crippen molar-refractivity contribution < 1.29 is 18.8 Å². The number of benzene rings is 2. The van der Waals surface area contributed by atoms with Crippen LogP contribution in [0.4, 0.5) is 4.39 Å². The molecule has 1 aliphatic heterocycles. The van der Waals surface area contributed by atoms with E-state index < -0.39 is 17.8 Å². The molecule has 170 valence electrons. The van der Waals surface area contributed by atoms with Gasteiger partial charge in [-0.2, -0.15) is 0 Å². The second kappa shape index (κ2) is 10.4. The topological polar surface area (TPSA) is 78.5 Å². The van der Waals surface area contributed by atoms with Crippen molar-refractivity contribution in [2.45, 2.75) is 46.2 Å². The normalized spacial score (nSPS) is 16.1. The molecule has 0 aromatic heterocycles. The van der Waals surface area contributed by atoms with Gasteiger partial charge in [0.05, 0.1) is 0 Å². The van der Waals surface area contributed by atoms with Crippen molar-refractivity contribution in [1.29, 1.82) is 0 Å². The van der Waals surface area contributed by atoms with Crippen molar-refractivity contribution in [2.24, 2.45) is 5.92 Å². The number of rotatable bonds is 7. The molecule has 3 rings (SSSR count). The Labute approximate surface area is 188 Å². The first-order valence-electron chi connectivity index (χ1n) is 11.0. The summed E-state index contributed by atoms with van der Waals surface area (Å²) in [6, 6.07) is 11.6. The van der Waals surface area contributed by atoms with Gasteiger partial charge in [0.15, 0.2) is 0 Å². The fourth-order valence-electron chi connectivity index (χ4n) is 3.76. The lowest BCUT2D eigenvalue weighted by molar-refractivity contribution is -0.144. The van der Waals surface area contributed by atoms with Gasteiger partial charge in [-0.05, 0) is 42.2 Å². The van der Waals surface area contributed by atoms with E-state index in [9.17, 15) is 18.8 Å². The lowest BCUT2D eigenvalue weighted by Crippen LogP contribution is -2.54. The van der Waals surface area contributed by atoms with E-state index >= 15 is 0 Å². The Bertz CT molecular complexity index is 1010. The molecule has 0 radical (unpaired) electrons. The summed E-state index contributed by atoms with van der Waals surface area (Å²) in [5, 5.41) is 5.51. The second-order valence-corrected chi connectivity index (χ2v) is 8.27. The first-order chi connectivity index (χ1) is 15.3. The van der Waals surface area contributed by atoms with Crippen LogP contribution in [-0.4, -0.2) is 41.8 Å². The molecule has 2 aromatic rings. The van der Waals surface area contributed by atoms with E-state index in [1.54, 1.807) is 24.0 Å². The maximum Gasteiger partial charge on any atom is 0.251 e. The van der Waals surface area contributed by atoms with Gasteiger partial charge in [0.25, 0.3) is 5.91 Å². The molecule has 1 heterocycles. The fraction of sp³-hybridized carbons (Fsp3) is 0.400. The van der Waals surface area contributed by atoms with Crippen LogP contribution < -0.4 is 10.6 Å². The number of nitrogens with one attached hydrogen (secondary N) is 2. The smallest absolute Gasteiger partial charge is 0.251 e. The van der Waals surface area contributed by atoms with Crippen LogP contribution in [0.2, 0.25) is 0 Å². The van der Waals surface area contributed by atoms with E-state index in [-0.39, 0.29) is 36.4 Å². The Morgan fingerprint density at radius 3 is 2.47 bits per heavy atom. The highest BCUT2D eigenvalue weighted by Gasteiger charge is 2.35. The number of amides is 3. The van der Waals surface area contributed by atoms with Gasteiger partial charge in [-0.15, -0.1) is 0 Å². The predicted molar refractivity (Wildman–Crippen MR) is 120 cm³/mol. The number of hydrogen-bond donors (Lipinski definition) is 2. The quantitative estimate of drug-likeness (QED) is 0.651. The first kappa shape index (κ1) is 23.4. The average Bonchev–Trinajstić information content (AvgIpc) is 2.81. The molecule has 0 saturated heterocycles. The second-order valence-electron chi connectivity index (χ2n) is 8.27. The summed E-state index contributed by atoms with van der Waals surface area (Å²) in [5.74, 6) is -1.28. The average molecular weight is 440 g/mol. The lowest BCUT2D eigenvalue weighted by Gasteiger charge is -2.37. The molecule has 0 fully saturated rings. The summed E-state index contributed by atoms with van der Waals surface area (Å²) in [7, 11) is 0. The molecule has 7 heteroatoms. The van der Waals surface area contributed by atoms with E-state index in [0.717, 1.165) is 11.1 Å². The Hall–Kier alpha value is -3.22. The highest BCUT2D eigenvalue weighted by Crippen LogP contribution is 2.25. The van der Waals surface area contributed by atoms with Crippen LogP contribution in [0.5, 0.6) is 0 Å². The van der Waals surface area contributed by atoms with Crippen LogP contribution in [-0.2, 0) is 22.6 Å². The Balaban J connectivity index is 1.60. The van der Waals surface area contributed by atoms with Crippen molar-refractivity contribution >= 4 is 17.7 Å². The van der Waals surface area contributed by atoms with Gasteiger partial charge in [-0.25, -0.2) is 4.39 Å². The number of hydrogen-bond acceptors (Lipinski definition) is 3. The molecular formula is C25H30FN3O3. The Kier molecular flexibility index (Phi) is 7.62. The molecule has 2 atom stereocenters. The number of fused-ring (bicyclic) bond motifs is 1. The van der Waals surface area contributed by atoms with Crippen LogP contribution in [0.3, 0.4) is 0 Å². The van der Waals surface area contributed by atoms with Gasteiger partial charge in [0.2, 0.25) is 11.8 Å². The standard InChI is InChI=1S/C25H30FN3O3/c1-4-16(2)25(32)29-15-20-8-6-5-7-18(20)14-22(29)24(31)28-12-11-27-23(30)19-10-9-17(3)21(26)13-19/h5-10,13,16,22H,4,11-12,14-15H2,1-3H3,(H,27,30)(H,28,31)/t16-,22-/m0/s1. The molecule has 0 aliphatic carbocycles. The SMILES string of the molecule is CC[C@H](C)C(=O)N1Cc2ccccc2C[C@H]1C(=O)NCCNC(=O)c1ccc(C)c(F)c1. The summed E-state index contributed by atoms with van der Waals surface area (Å²) in [6.45, 7) is 6.28. The molecule has 0 bridgehead atoms. The predicted octanol–water partition coefficient (Wildman–Crippen LogP) is 2.98. The third-order valence-electron chi connectivity index (χ3n) is 6.01. The maximum atomic E-state index is 13.7. The molecule has 0 spiro atoms. The highest BCUT2D eigenvalue weighted by atomic mass is 19.1. The number of aryl methyl sites for hydroxylation is 1. The lowest BCUT2D eigenvalue weighted by atomic mass is 9.92. The minimum atomic E-state index is -0.590. The van der Waals surface area contributed by atoms with E-state index in [1.165, 1.54) is 6.07 Å². The molecule has 2 N–H and O–H groups in total. The van der Waals surface area contributed by atoms with Gasteiger partial charge in [0, 0.05) is 37.5 Å². The van der Waals surface area contributed by atoms with Crippen molar-refractivity contribution in [2.75, 3.05) is 13.1 Å². The van der Waals surface area contributed by atoms with Crippen LogP contribution >= 0.6 is 0 Å². The number of carbonyl (C=O) groups excluding carboxylic acids is 3. The Morgan fingerprint density at radius 2 is 1.78 bits per heavy atom. The largest absolute Gasteiger partial charge is 0.353 e. The maximum absolute atomic E-state index is 13.7. The highest BCUT2D eigenvalue weighted by molar-refractivity contribution is 5.94. The van der Waals surface area contributed by atoms with Crippen molar-refractivity contribution in [3.05, 3.63) is 70.5 Å². The monoisotopic (exact) mass is 439 g/mol. The van der Waals surface area contributed by atoms with Crippen molar-refractivity contribution in [3.8, 4) is 0 Å². The van der Waals surface area contributed by atoms with Gasteiger partial charge < -0.3 is 15.5 Å². The summed E-state index contributed by atoms with van der Waals surface area (Å²) in [6.07, 6.45) is 1.16. The van der Waals surface area contributed by atoms with Crippen molar-refractivity contribution in [1.82, 2.24) is 15.5 Å². The first-order valence-corrected chi connectivity index (χ1v) is 11.0. The molecular weight excluding hydrogens is 409 g/mol. The van der Waals surface area contributed by atoms with Crippen LogP contribution in [0.15, 0.2) is 42.5 Å². The number of halogens is 1. The van der Waals surface area contributed by atoms with Gasteiger partial charge in [-0.1, -0.05) is 44.2 Å². The summed E-state index contributed by atoms with van der Waals surface area (Å²) in [5.41, 5.74) is 2.83. The summed E-state index contributed by atoms with van der Waals surface area (Å²) < 4.78 is 13.7. The van der Waals surface area contributed by atoms with E-state index in [4.69, 9.17) is 0 Å². The zero-order valence-corrected chi connectivity index (χ0v) is 18.8. The Morgan fingerprint density at radius 1 is 1.09 bits per heavy atom. The third kappa shape index (κ3) is 5.33. The minimum Gasteiger partial charge on any atom is -0.353 e. The molecule has 1 aliphatic rings. The number of nitrogens with zero attached hydrogens (tertiary/aromatic N) is 1. The van der Waals surface area contributed by atoms with Gasteiger partial charge in [0.1, 0.15) is 11.9 Å². The van der Waals surface area contributed by atoms with Gasteiger partial charge in [-0.3, -0.25) is 14.4 Å². The molecule has 0 saturated carbocycles. The minimum absolute atomic E-state index is 0.0307. The molecule has 6 nitrogen and oxygen atoms in total. The van der Waals surface area contributed by atoms with Crippen LogP contribution in [0.25, 0.3) is 0 Å². The molecule has 2 aromatic carbocycles. The summed E-state index contributed by atoms with van der Waals surface area (Å²) >= 11 is 0. The fourth-order valence-corrected chi connectivity index (χ4v) is 3.76. The van der Waals surface area contributed by atoms with E-state index in [1.807, 2.05) is 38.1 Å². The van der Waals surface area contributed by atoms with Gasteiger partial charge >= 0.3 is 0 Å². The van der Waals surface area contributed by atoms with Crippen molar-refractivity contribution in [3.63, 3.8) is 0 Å². The van der Waals surface area contributed by atoms with Crippen LogP contribution in [0, 0.1) is 18.7 Å². The number of carbonyl (C=O) groups is 3. The molecule has 3 amide bonds. The van der Waals surface area contributed by atoms with E-state index in [0.29, 0.717) is 24.9 Å². The molecule has 0 unspecified atom stereocenters. The third-order valence-corrected chi connectivity index (χ3v) is 6.01.